The van der Waals surface area contributed by atoms with E-state index in [-0.39, 0.29) is 5.91 Å². The summed E-state index contributed by atoms with van der Waals surface area (Å²) in [5, 5.41) is 9.67. The standard InChI is InChI=1S/C21H16ClN3O3S/c1-12-18(19(25-28-12)13-7-3-5-9-15(13)22)20(26)24-21-23-16(11-29-21)14-8-4-6-10-17(14)27-2/h3-11H,1-2H3,(H,23,24,26). The number of hydrogen-bond acceptors (Lipinski definition) is 6. The van der Waals surface area contributed by atoms with Crippen LogP contribution in [-0.4, -0.2) is 23.2 Å². The van der Waals surface area contributed by atoms with Crippen LogP contribution in [0.1, 0.15) is 16.1 Å². The molecule has 0 aliphatic heterocycles. The molecule has 1 amide bonds. The second kappa shape index (κ2) is 8.06. The van der Waals surface area contributed by atoms with Crippen molar-refractivity contribution in [1.82, 2.24) is 10.1 Å². The summed E-state index contributed by atoms with van der Waals surface area (Å²) in [6.07, 6.45) is 0. The minimum Gasteiger partial charge on any atom is -0.496 e. The van der Waals surface area contributed by atoms with E-state index < -0.39 is 0 Å². The number of carbonyl (C=O) groups excluding carboxylic acids is 1. The van der Waals surface area contributed by atoms with E-state index in [1.54, 1.807) is 26.2 Å². The lowest BCUT2D eigenvalue weighted by Gasteiger charge is -2.05. The van der Waals surface area contributed by atoms with Crippen LogP contribution in [0.15, 0.2) is 58.4 Å². The number of aromatic nitrogens is 2. The SMILES string of the molecule is COc1ccccc1-c1csc(NC(=O)c2c(-c3ccccc3Cl)noc2C)n1. The molecule has 6 nitrogen and oxygen atoms in total. The Bertz CT molecular complexity index is 1190. The fourth-order valence-electron chi connectivity index (χ4n) is 2.95. The van der Waals surface area contributed by atoms with Gasteiger partial charge in [-0.25, -0.2) is 4.98 Å². The number of para-hydroxylation sites is 1. The number of aryl methyl sites for hydroxylation is 1. The third-order valence-electron chi connectivity index (χ3n) is 4.33. The van der Waals surface area contributed by atoms with Gasteiger partial charge in [-0.2, -0.15) is 0 Å². The first-order valence-corrected chi connectivity index (χ1v) is 9.95. The molecule has 2 aromatic heterocycles. The van der Waals surface area contributed by atoms with E-state index >= 15 is 0 Å². The highest BCUT2D eigenvalue weighted by molar-refractivity contribution is 7.14. The molecular weight excluding hydrogens is 410 g/mol. The highest BCUT2D eigenvalue weighted by Gasteiger charge is 2.24. The van der Waals surface area contributed by atoms with Crippen LogP contribution in [0.3, 0.4) is 0 Å². The second-order valence-electron chi connectivity index (χ2n) is 6.13. The third-order valence-corrected chi connectivity index (χ3v) is 5.41. The van der Waals surface area contributed by atoms with Gasteiger partial charge in [0.1, 0.15) is 22.8 Å². The molecule has 0 bridgehead atoms. The van der Waals surface area contributed by atoms with Crippen molar-refractivity contribution in [3.05, 3.63) is 70.3 Å². The van der Waals surface area contributed by atoms with E-state index in [0.29, 0.717) is 38.5 Å². The molecule has 2 aromatic carbocycles. The smallest absolute Gasteiger partial charge is 0.263 e. The number of benzene rings is 2. The summed E-state index contributed by atoms with van der Waals surface area (Å²) in [5.41, 5.74) is 2.92. The second-order valence-corrected chi connectivity index (χ2v) is 7.40. The summed E-state index contributed by atoms with van der Waals surface area (Å²) in [6.45, 7) is 1.68. The molecule has 29 heavy (non-hydrogen) atoms. The van der Waals surface area contributed by atoms with Crippen molar-refractivity contribution in [2.75, 3.05) is 12.4 Å². The van der Waals surface area contributed by atoms with Gasteiger partial charge >= 0.3 is 0 Å². The van der Waals surface area contributed by atoms with Crippen LogP contribution < -0.4 is 10.1 Å². The van der Waals surface area contributed by atoms with Crippen LogP contribution in [0.25, 0.3) is 22.5 Å². The highest BCUT2D eigenvalue weighted by Crippen LogP contribution is 2.34. The summed E-state index contributed by atoms with van der Waals surface area (Å²) in [6, 6.07) is 14.7. The number of nitrogens with zero attached hydrogens (tertiary/aromatic N) is 2. The molecule has 8 heteroatoms. The normalized spacial score (nSPS) is 10.7. The molecule has 0 saturated carbocycles. The maximum Gasteiger partial charge on any atom is 0.263 e. The first-order chi connectivity index (χ1) is 14.1. The number of thiazole rings is 1. The van der Waals surface area contributed by atoms with Crippen molar-refractivity contribution in [3.8, 4) is 28.3 Å². The Balaban J connectivity index is 1.63. The zero-order valence-corrected chi connectivity index (χ0v) is 17.2. The highest BCUT2D eigenvalue weighted by atomic mass is 35.5. The van der Waals surface area contributed by atoms with E-state index in [1.807, 2.05) is 41.8 Å². The van der Waals surface area contributed by atoms with E-state index in [0.717, 1.165) is 11.3 Å². The minimum atomic E-state index is -0.361. The molecule has 0 saturated heterocycles. The Kier molecular flexibility index (Phi) is 5.33. The molecule has 2 heterocycles. The molecule has 0 atom stereocenters. The summed E-state index contributed by atoms with van der Waals surface area (Å²) in [7, 11) is 1.61. The van der Waals surface area contributed by atoms with Crippen LogP contribution in [0.5, 0.6) is 5.75 Å². The van der Waals surface area contributed by atoms with Gasteiger partial charge in [-0.3, -0.25) is 10.1 Å². The lowest BCUT2D eigenvalue weighted by molar-refractivity contribution is 0.102. The molecule has 0 fully saturated rings. The quantitative estimate of drug-likeness (QED) is 0.444. The van der Waals surface area contributed by atoms with Crippen LogP contribution in [0, 0.1) is 6.92 Å². The zero-order chi connectivity index (χ0) is 20.4. The molecule has 0 radical (unpaired) electrons. The van der Waals surface area contributed by atoms with E-state index in [4.69, 9.17) is 20.9 Å². The number of halogens is 1. The van der Waals surface area contributed by atoms with Gasteiger partial charge in [0, 0.05) is 16.5 Å². The summed E-state index contributed by atoms with van der Waals surface area (Å²) < 4.78 is 10.7. The van der Waals surface area contributed by atoms with Crippen molar-refractivity contribution in [2.24, 2.45) is 0 Å². The number of amides is 1. The number of ether oxygens (including phenoxy) is 1. The minimum absolute atomic E-state index is 0.326. The molecule has 0 aliphatic carbocycles. The molecule has 0 spiro atoms. The Morgan fingerprint density at radius 3 is 2.62 bits per heavy atom. The number of nitrogens with one attached hydrogen (secondary N) is 1. The molecule has 1 N–H and O–H groups in total. The lowest BCUT2D eigenvalue weighted by Crippen LogP contribution is -2.13. The lowest BCUT2D eigenvalue weighted by atomic mass is 10.1. The molecule has 0 unspecified atom stereocenters. The van der Waals surface area contributed by atoms with Crippen molar-refractivity contribution in [3.63, 3.8) is 0 Å². The molecule has 4 aromatic rings. The van der Waals surface area contributed by atoms with E-state index in [2.05, 4.69) is 15.5 Å². The first-order valence-electron chi connectivity index (χ1n) is 8.70. The monoisotopic (exact) mass is 425 g/mol. The maximum atomic E-state index is 13.0. The average Bonchev–Trinajstić information content (AvgIpc) is 3.35. The first kappa shape index (κ1) is 19.2. The van der Waals surface area contributed by atoms with Gasteiger partial charge in [0.05, 0.1) is 17.8 Å². The number of rotatable bonds is 5. The van der Waals surface area contributed by atoms with Gasteiger partial charge in [0.25, 0.3) is 5.91 Å². The largest absolute Gasteiger partial charge is 0.496 e. The van der Waals surface area contributed by atoms with Crippen LogP contribution in [-0.2, 0) is 0 Å². The number of anilines is 1. The summed E-state index contributed by atoms with van der Waals surface area (Å²) >= 11 is 7.59. The average molecular weight is 426 g/mol. The topological polar surface area (TPSA) is 77.2 Å². The summed E-state index contributed by atoms with van der Waals surface area (Å²) in [5.74, 6) is 0.755. The van der Waals surface area contributed by atoms with Crippen LogP contribution in [0.4, 0.5) is 5.13 Å². The molecule has 0 aliphatic rings. The Morgan fingerprint density at radius 1 is 1.14 bits per heavy atom. The van der Waals surface area contributed by atoms with E-state index in [9.17, 15) is 4.79 Å². The fraction of sp³-hybridized carbons (Fsp3) is 0.0952. The van der Waals surface area contributed by atoms with Gasteiger partial charge in [-0.15, -0.1) is 11.3 Å². The molecule has 4 rings (SSSR count). The maximum absolute atomic E-state index is 13.0. The predicted octanol–water partition coefficient (Wildman–Crippen LogP) is 5.69. The van der Waals surface area contributed by atoms with Gasteiger partial charge in [-0.1, -0.05) is 47.1 Å². The van der Waals surface area contributed by atoms with Gasteiger partial charge < -0.3 is 9.26 Å². The predicted molar refractivity (Wildman–Crippen MR) is 114 cm³/mol. The Morgan fingerprint density at radius 2 is 1.86 bits per heavy atom. The van der Waals surface area contributed by atoms with E-state index in [1.165, 1.54) is 11.3 Å². The summed E-state index contributed by atoms with van der Waals surface area (Å²) in [4.78, 5) is 17.5. The number of carbonyl (C=O) groups is 1. The zero-order valence-electron chi connectivity index (χ0n) is 15.6. The third kappa shape index (κ3) is 3.74. The fourth-order valence-corrected chi connectivity index (χ4v) is 3.88. The van der Waals surface area contributed by atoms with Gasteiger partial charge in [0.2, 0.25) is 0 Å². The van der Waals surface area contributed by atoms with Gasteiger partial charge in [0.15, 0.2) is 5.13 Å². The van der Waals surface area contributed by atoms with Crippen LogP contribution >= 0.6 is 22.9 Å². The molecule has 146 valence electrons. The molecular formula is C21H16ClN3O3S. The Hall–Kier alpha value is -3.16. The van der Waals surface area contributed by atoms with Crippen molar-refractivity contribution in [1.29, 1.82) is 0 Å². The van der Waals surface area contributed by atoms with Crippen molar-refractivity contribution in [2.45, 2.75) is 6.92 Å². The Labute approximate surface area is 176 Å². The van der Waals surface area contributed by atoms with Gasteiger partial charge in [-0.05, 0) is 25.1 Å². The number of methoxy groups -OCH3 is 1. The van der Waals surface area contributed by atoms with Crippen molar-refractivity contribution < 1.29 is 14.1 Å². The number of hydrogen-bond donors (Lipinski definition) is 1. The van der Waals surface area contributed by atoms with Crippen molar-refractivity contribution >= 4 is 34.0 Å². The van der Waals surface area contributed by atoms with Crippen LogP contribution in [0.2, 0.25) is 5.02 Å².